The van der Waals surface area contributed by atoms with Crippen molar-refractivity contribution in [2.45, 2.75) is 24.7 Å². The number of benzene rings is 2. The van der Waals surface area contributed by atoms with Gasteiger partial charge in [0, 0.05) is 23.7 Å². The van der Waals surface area contributed by atoms with Gasteiger partial charge < -0.3 is 10.6 Å². The predicted octanol–water partition coefficient (Wildman–Crippen LogP) is 4.21. The van der Waals surface area contributed by atoms with Crippen molar-refractivity contribution in [2.24, 2.45) is 0 Å². The van der Waals surface area contributed by atoms with Gasteiger partial charge in [-0.25, -0.2) is 13.6 Å². The Morgan fingerprint density at radius 3 is 2.39 bits per heavy atom. The highest BCUT2D eigenvalue weighted by Gasteiger charge is 2.38. The standard InChI is InChI=1S/C18H18F2N2O/c19-15-8-7-14(11-16(15)20)22-17(23)21-12-18(9-4-10-18)13-5-2-1-3-6-13/h1-3,5-8,11H,4,9-10,12H2,(H2,21,22,23). The number of anilines is 1. The highest BCUT2D eigenvalue weighted by molar-refractivity contribution is 5.89. The zero-order valence-corrected chi connectivity index (χ0v) is 12.6. The minimum absolute atomic E-state index is 0.0212. The summed E-state index contributed by atoms with van der Waals surface area (Å²) in [5.41, 5.74) is 1.43. The molecule has 2 amide bonds. The van der Waals surface area contributed by atoms with Gasteiger partial charge in [-0.15, -0.1) is 0 Å². The molecule has 1 aliphatic carbocycles. The maximum Gasteiger partial charge on any atom is 0.319 e. The number of carbonyl (C=O) groups excluding carboxylic acids is 1. The van der Waals surface area contributed by atoms with E-state index in [0.717, 1.165) is 31.4 Å². The lowest BCUT2D eigenvalue weighted by Crippen LogP contribution is -2.46. The number of hydrogen-bond acceptors (Lipinski definition) is 1. The third-order valence-corrected chi connectivity index (χ3v) is 4.46. The summed E-state index contributed by atoms with van der Waals surface area (Å²) in [6, 6.07) is 13.0. The van der Waals surface area contributed by atoms with E-state index in [0.29, 0.717) is 6.54 Å². The maximum absolute atomic E-state index is 13.1. The average Bonchev–Trinajstić information content (AvgIpc) is 2.51. The lowest BCUT2D eigenvalue weighted by atomic mass is 9.64. The van der Waals surface area contributed by atoms with Crippen LogP contribution >= 0.6 is 0 Å². The summed E-state index contributed by atoms with van der Waals surface area (Å²) in [4.78, 5) is 12.0. The normalized spacial score (nSPS) is 15.6. The fraction of sp³-hybridized carbons (Fsp3) is 0.278. The second-order valence-electron chi connectivity index (χ2n) is 5.94. The largest absolute Gasteiger partial charge is 0.337 e. The monoisotopic (exact) mass is 316 g/mol. The van der Waals surface area contributed by atoms with Crippen molar-refractivity contribution in [2.75, 3.05) is 11.9 Å². The fourth-order valence-corrected chi connectivity index (χ4v) is 2.96. The molecule has 0 saturated heterocycles. The Labute approximate surface area is 133 Å². The van der Waals surface area contributed by atoms with Crippen molar-refractivity contribution in [3.63, 3.8) is 0 Å². The molecular weight excluding hydrogens is 298 g/mol. The first-order chi connectivity index (χ1) is 11.1. The van der Waals surface area contributed by atoms with Gasteiger partial charge in [0.25, 0.3) is 0 Å². The van der Waals surface area contributed by atoms with Crippen LogP contribution in [0.2, 0.25) is 0 Å². The second-order valence-corrected chi connectivity index (χ2v) is 5.94. The molecule has 0 unspecified atom stereocenters. The Hall–Kier alpha value is -2.43. The number of urea groups is 1. The minimum Gasteiger partial charge on any atom is -0.337 e. The zero-order chi connectivity index (χ0) is 16.3. The van der Waals surface area contributed by atoms with Crippen LogP contribution in [-0.4, -0.2) is 12.6 Å². The minimum atomic E-state index is -0.984. The molecule has 1 fully saturated rings. The van der Waals surface area contributed by atoms with Crippen molar-refractivity contribution >= 4 is 11.7 Å². The molecule has 1 aliphatic rings. The van der Waals surface area contributed by atoms with E-state index in [9.17, 15) is 13.6 Å². The molecule has 0 aliphatic heterocycles. The van der Waals surface area contributed by atoms with E-state index in [4.69, 9.17) is 0 Å². The van der Waals surface area contributed by atoms with Crippen molar-refractivity contribution in [1.29, 1.82) is 0 Å². The number of hydrogen-bond donors (Lipinski definition) is 2. The molecule has 0 radical (unpaired) electrons. The molecule has 23 heavy (non-hydrogen) atoms. The Bertz CT molecular complexity index is 699. The number of nitrogens with one attached hydrogen (secondary N) is 2. The highest BCUT2D eigenvalue weighted by atomic mass is 19.2. The molecule has 0 heterocycles. The summed E-state index contributed by atoms with van der Waals surface area (Å²) >= 11 is 0. The fourth-order valence-electron chi connectivity index (χ4n) is 2.96. The van der Waals surface area contributed by atoms with E-state index in [1.807, 2.05) is 18.2 Å². The van der Waals surface area contributed by atoms with Crippen LogP contribution < -0.4 is 10.6 Å². The molecule has 2 N–H and O–H groups in total. The number of carbonyl (C=O) groups is 1. The van der Waals surface area contributed by atoms with Crippen LogP contribution in [0, 0.1) is 11.6 Å². The molecule has 3 rings (SSSR count). The van der Waals surface area contributed by atoms with Crippen LogP contribution in [0.4, 0.5) is 19.3 Å². The smallest absolute Gasteiger partial charge is 0.319 e. The van der Waals surface area contributed by atoms with E-state index in [1.54, 1.807) is 0 Å². The molecule has 1 saturated carbocycles. The van der Waals surface area contributed by atoms with Crippen LogP contribution in [-0.2, 0) is 5.41 Å². The lowest BCUT2D eigenvalue weighted by Gasteiger charge is -2.42. The van der Waals surface area contributed by atoms with Gasteiger partial charge in [0.1, 0.15) is 0 Å². The average molecular weight is 316 g/mol. The first kappa shape index (κ1) is 15.5. The number of halogens is 2. The molecule has 0 atom stereocenters. The topological polar surface area (TPSA) is 41.1 Å². The van der Waals surface area contributed by atoms with Crippen molar-refractivity contribution in [3.8, 4) is 0 Å². The molecule has 2 aromatic rings. The van der Waals surface area contributed by atoms with Crippen LogP contribution in [0.25, 0.3) is 0 Å². The van der Waals surface area contributed by atoms with Crippen LogP contribution in [0.15, 0.2) is 48.5 Å². The predicted molar refractivity (Wildman–Crippen MR) is 85.4 cm³/mol. The molecule has 0 bridgehead atoms. The Morgan fingerprint density at radius 2 is 1.78 bits per heavy atom. The summed E-state index contributed by atoms with van der Waals surface area (Å²) in [6.07, 6.45) is 3.20. The summed E-state index contributed by atoms with van der Waals surface area (Å²) in [5.74, 6) is -1.92. The summed E-state index contributed by atoms with van der Waals surface area (Å²) in [5, 5.41) is 5.37. The van der Waals surface area contributed by atoms with Crippen molar-refractivity contribution in [3.05, 3.63) is 65.7 Å². The van der Waals surface area contributed by atoms with Crippen LogP contribution in [0.1, 0.15) is 24.8 Å². The Balaban J connectivity index is 1.61. The third-order valence-electron chi connectivity index (χ3n) is 4.46. The van der Waals surface area contributed by atoms with E-state index in [1.165, 1.54) is 11.6 Å². The summed E-state index contributed by atoms with van der Waals surface area (Å²) in [7, 11) is 0. The molecule has 5 heteroatoms. The first-order valence-corrected chi connectivity index (χ1v) is 7.65. The quantitative estimate of drug-likeness (QED) is 0.871. The molecular formula is C18H18F2N2O. The summed E-state index contributed by atoms with van der Waals surface area (Å²) < 4.78 is 26.0. The van der Waals surface area contributed by atoms with Crippen molar-refractivity contribution < 1.29 is 13.6 Å². The van der Waals surface area contributed by atoms with Crippen LogP contribution in [0.5, 0.6) is 0 Å². The number of amides is 2. The van der Waals surface area contributed by atoms with Crippen LogP contribution in [0.3, 0.4) is 0 Å². The lowest BCUT2D eigenvalue weighted by molar-refractivity contribution is 0.222. The van der Waals surface area contributed by atoms with E-state index < -0.39 is 17.7 Å². The van der Waals surface area contributed by atoms with Gasteiger partial charge >= 0.3 is 6.03 Å². The molecule has 120 valence electrons. The van der Waals surface area contributed by atoms with Gasteiger partial charge in [-0.1, -0.05) is 36.8 Å². The Kier molecular flexibility index (Phi) is 4.28. The van der Waals surface area contributed by atoms with E-state index >= 15 is 0 Å². The molecule has 0 spiro atoms. The van der Waals surface area contributed by atoms with Gasteiger partial charge in [0.15, 0.2) is 11.6 Å². The van der Waals surface area contributed by atoms with E-state index in [-0.39, 0.29) is 11.1 Å². The third kappa shape index (κ3) is 3.33. The summed E-state index contributed by atoms with van der Waals surface area (Å²) in [6.45, 7) is 0.520. The highest BCUT2D eigenvalue weighted by Crippen LogP contribution is 2.43. The van der Waals surface area contributed by atoms with Gasteiger partial charge in [0.05, 0.1) is 0 Å². The van der Waals surface area contributed by atoms with E-state index in [2.05, 4.69) is 22.8 Å². The van der Waals surface area contributed by atoms with Gasteiger partial charge in [-0.2, -0.15) is 0 Å². The van der Waals surface area contributed by atoms with Gasteiger partial charge in [0.2, 0.25) is 0 Å². The maximum atomic E-state index is 13.1. The molecule has 2 aromatic carbocycles. The van der Waals surface area contributed by atoms with Crippen molar-refractivity contribution in [1.82, 2.24) is 5.32 Å². The second kappa shape index (κ2) is 6.36. The SMILES string of the molecule is O=C(NCC1(c2ccccc2)CCC1)Nc1ccc(F)c(F)c1. The number of rotatable bonds is 4. The molecule has 0 aromatic heterocycles. The molecule has 3 nitrogen and oxygen atoms in total. The Morgan fingerprint density at radius 1 is 1.04 bits per heavy atom. The van der Waals surface area contributed by atoms with Gasteiger partial charge in [-0.05, 0) is 30.5 Å². The zero-order valence-electron chi connectivity index (χ0n) is 12.6. The first-order valence-electron chi connectivity index (χ1n) is 7.65. The van der Waals surface area contributed by atoms with Gasteiger partial charge in [-0.3, -0.25) is 0 Å².